The molecule has 1 saturated carbocycles. The van der Waals surface area contributed by atoms with Crippen LogP contribution in [0.15, 0.2) is 29.4 Å². The van der Waals surface area contributed by atoms with Crippen LogP contribution in [0, 0.1) is 11.3 Å². The van der Waals surface area contributed by atoms with Crippen molar-refractivity contribution in [2.45, 2.75) is 46.5 Å². The Kier molecular flexibility index (Phi) is 5.99. The van der Waals surface area contributed by atoms with E-state index < -0.39 is 11.8 Å². The van der Waals surface area contributed by atoms with Crippen LogP contribution in [0.4, 0.5) is 5.69 Å². The second-order valence-electron chi connectivity index (χ2n) is 7.22. The van der Waals surface area contributed by atoms with E-state index in [-0.39, 0.29) is 0 Å². The zero-order valence-corrected chi connectivity index (χ0v) is 15.1. The number of hydrazone groups is 1. The minimum absolute atomic E-state index is 0.299. The lowest BCUT2D eigenvalue weighted by molar-refractivity contribution is -0.136. The highest BCUT2D eigenvalue weighted by Gasteiger charge is 2.28. The lowest BCUT2D eigenvalue weighted by Gasteiger charge is -2.34. The molecule has 0 radical (unpaired) electrons. The van der Waals surface area contributed by atoms with E-state index in [2.05, 4.69) is 36.6 Å². The molecule has 0 saturated heterocycles. The first-order valence-corrected chi connectivity index (χ1v) is 8.56. The highest BCUT2D eigenvalue weighted by atomic mass is 35.5. The molecular formula is C18H24ClN3O2. The van der Waals surface area contributed by atoms with Crippen molar-refractivity contribution in [1.82, 2.24) is 5.43 Å². The summed E-state index contributed by atoms with van der Waals surface area (Å²) in [6.07, 6.45) is 3.85. The minimum atomic E-state index is -0.768. The molecule has 0 aliphatic heterocycles. The molecule has 24 heavy (non-hydrogen) atoms. The summed E-state index contributed by atoms with van der Waals surface area (Å²) in [5.41, 5.74) is 4.11. The molecular weight excluding hydrogens is 326 g/mol. The normalized spacial score (nSPS) is 18.0. The van der Waals surface area contributed by atoms with E-state index in [0.29, 0.717) is 22.0 Å². The van der Waals surface area contributed by atoms with E-state index in [1.165, 1.54) is 0 Å². The summed E-state index contributed by atoms with van der Waals surface area (Å²) in [7, 11) is 0. The first kappa shape index (κ1) is 18.5. The van der Waals surface area contributed by atoms with Gasteiger partial charge in [0.2, 0.25) is 0 Å². The van der Waals surface area contributed by atoms with Crippen molar-refractivity contribution in [3.63, 3.8) is 0 Å². The fraction of sp³-hybridized carbons (Fsp3) is 0.500. The van der Waals surface area contributed by atoms with Crippen molar-refractivity contribution in [2.24, 2.45) is 16.4 Å². The average molecular weight is 350 g/mol. The van der Waals surface area contributed by atoms with Gasteiger partial charge in [-0.05, 0) is 61.3 Å². The predicted octanol–water partition coefficient (Wildman–Crippen LogP) is 3.99. The molecule has 0 aromatic heterocycles. The number of anilines is 1. The summed E-state index contributed by atoms with van der Waals surface area (Å²) >= 11 is 5.78. The second kappa shape index (κ2) is 7.79. The van der Waals surface area contributed by atoms with Crippen LogP contribution in [0.2, 0.25) is 5.02 Å². The molecule has 1 fully saturated rings. The Morgan fingerprint density at radius 3 is 2.21 bits per heavy atom. The smallest absolute Gasteiger partial charge is 0.318 e. The Morgan fingerprint density at radius 2 is 1.67 bits per heavy atom. The molecule has 1 aliphatic rings. The Morgan fingerprint density at radius 1 is 1.08 bits per heavy atom. The van der Waals surface area contributed by atoms with Crippen LogP contribution in [0.5, 0.6) is 0 Å². The molecule has 2 amide bonds. The highest BCUT2D eigenvalue weighted by molar-refractivity contribution is 6.39. The fourth-order valence-electron chi connectivity index (χ4n) is 2.83. The van der Waals surface area contributed by atoms with Crippen LogP contribution in [-0.4, -0.2) is 17.5 Å². The topological polar surface area (TPSA) is 70.6 Å². The third-order valence-corrected chi connectivity index (χ3v) is 4.66. The Balaban J connectivity index is 1.82. The van der Waals surface area contributed by atoms with Crippen LogP contribution in [0.1, 0.15) is 46.5 Å². The van der Waals surface area contributed by atoms with Crippen LogP contribution >= 0.6 is 11.6 Å². The Bertz CT molecular complexity index is 623. The second-order valence-corrected chi connectivity index (χ2v) is 7.66. The number of carbonyl (C=O) groups excluding carboxylic acids is 2. The van der Waals surface area contributed by atoms with Gasteiger partial charge in [-0.25, -0.2) is 5.43 Å². The molecule has 6 heteroatoms. The molecule has 0 heterocycles. The molecule has 1 aromatic rings. The van der Waals surface area contributed by atoms with Crippen molar-refractivity contribution >= 4 is 34.8 Å². The molecule has 0 spiro atoms. The number of nitrogens with zero attached hydrogens (tertiary/aromatic N) is 1. The average Bonchev–Trinajstić information content (AvgIpc) is 2.54. The van der Waals surface area contributed by atoms with Gasteiger partial charge in [0, 0.05) is 16.4 Å². The fourth-order valence-corrected chi connectivity index (χ4v) is 2.96. The maximum atomic E-state index is 11.8. The van der Waals surface area contributed by atoms with Gasteiger partial charge in [0.05, 0.1) is 0 Å². The molecule has 1 aliphatic carbocycles. The summed E-state index contributed by atoms with van der Waals surface area (Å²) in [6.45, 7) is 6.76. The number of halogens is 1. The Hall–Kier alpha value is -1.88. The number of amides is 2. The first-order chi connectivity index (χ1) is 11.3. The van der Waals surface area contributed by atoms with E-state index in [1.54, 1.807) is 24.3 Å². The quantitative estimate of drug-likeness (QED) is 0.626. The SMILES string of the molecule is CC(C)(C)C1CCC(=NNC(=O)C(=O)Nc2ccc(Cl)cc2)CC1. The van der Waals surface area contributed by atoms with Crippen LogP contribution < -0.4 is 10.7 Å². The van der Waals surface area contributed by atoms with Gasteiger partial charge in [-0.3, -0.25) is 9.59 Å². The van der Waals surface area contributed by atoms with Gasteiger partial charge in [0.25, 0.3) is 0 Å². The third-order valence-electron chi connectivity index (χ3n) is 4.41. The van der Waals surface area contributed by atoms with Crippen LogP contribution in [-0.2, 0) is 9.59 Å². The first-order valence-electron chi connectivity index (χ1n) is 8.18. The zero-order chi connectivity index (χ0) is 17.7. The van der Waals surface area contributed by atoms with Gasteiger partial charge in [0.15, 0.2) is 0 Å². The molecule has 2 N–H and O–H groups in total. The summed E-state index contributed by atoms with van der Waals surface area (Å²) in [5, 5.41) is 7.18. The molecule has 2 rings (SSSR count). The molecule has 0 unspecified atom stereocenters. The van der Waals surface area contributed by atoms with E-state index in [4.69, 9.17) is 11.6 Å². The van der Waals surface area contributed by atoms with Crippen molar-refractivity contribution in [2.75, 3.05) is 5.32 Å². The van der Waals surface area contributed by atoms with Crippen LogP contribution in [0.25, 0.3) is 0 Å². The van der Waals surface area contributed by atoms with E-state index in [0.717, 1.165) is 31.4 Å². The lowest BCUT2D eigenvalue weighted by Crippen LogP contribution is -2.33. The van der Waals surface area contributed by atoms with Gasteiger partial charge in [0.1, 0.15) is 0 Å². The third kappa shape index (κ3) is 5.34. The molecule has 0 bridgehead atoms. The number of nitrogens with one attached hydrogen (secondary N) is 2. The van der Waals surface area contributed by atoms with Gasteiger partial charge >= 0.3 is 11.8 Å². The van der Waals surface area contributed by atoms with E-state index in [9.17, 15) is 9.59 Å². The zero-order valence-electron chi connectivity index (χ0n) is 14.4. The van der Waals surface area contributed by atoms with E-state index >= 15 is 0 Å². The summed E-state index contributed by atoms with van der Waals surface area (Å²) < 4.78 is 0. The summed E-state index contributed by atoms with van der Waals surface area (Å²) in [6, 6.07) is 6.55. The summed E-state index contributed by atoms with van der Waals surface area (Å²) in [4.78, 5) is 23.7. The molecule has 1 aromatic carbocycles. The van der Waals surface area contributed by atoms with Crippen LogP contribution in [0.3, 0.4) is 0 Å². The van der Waals surface area contributed by atoms with Gasteiger partial charge in [-0.1, -0.05) is 32.4 Å². The predicted molar refractivity (Wildman–Crippen MR) is 97.1 cm³/mol. The lowest BCUT2D eigenvalue weighted by atomic mass is 9.72. The van der Waals surface area contributed by atoms with Crippen molar-refractivity contribution in [1.29, 1.82) is 0 Å². The number of hydrogen-bond donors (Lipinski definition) is 2. The van der Waals surface area contributed by atoms with Crippen molar-refractivity contribution in [3.8, 4) is 0 Å². The van der Waals surface area contributed by atoms with Crippen molar-refractivity contribution in [3.05, 3.63) is 29.3 Å². The maximum Gasteiger partial charge on any atom is 0.329 e. The number of benzene rings is 1. The largest absolute Gasteiger partial charge is 0.329 e. The standard InChI is InChI=1S/C18H24ClN3O2/c1-18(2,3)12-4-8-15(9-5-12)21-22-17(24)16(23)20-14-10-6-13(19)7-11-14/h6-7,10-12H,4-5,8-9H2,1-3H3,(H,20,23)(H,22,24). The number of rotatable bonds is 2. The highest BCUT2D eigenvalue weighted by Crippen LogP contribution is 2.36. The monoisotopic (exact) mass is 349 g/mol. The number of hydrogen-bond acceptors (Lipinski definition) is 3. The van der Waals surface area contributed by atoms with Gasteiger partial charge < -0.3 is 5.32 Å². The Labute approximate surface area is 147 Å². The van der Waals surface area contributed by atoms with E-state index in [1.807, 2.05) is 0 Å². The molecule has 0 atom stereocenters. The van der Waals surface area contributed by atoms with Gasteiger partial charge in [-0.2, -0.15) is 5.10 Å². The van der Waals surface area contributed by atoms with Gasteiger partial charge in [-0.15, -0.1) is 0 Å². The maximum absolute atomic E-state index is 11.8. The minimum Gasteiger partial charge on any atom is -0.318 e. The molecule has 5 nitrogen and oxygen atoms in total. The summed E-state index contributed by atoms with van der Waals surface area (Å²) in [5.74, 6) is -0.846. The number of carbonyl (C=O) groups is 2. The van der Waals surface area contributed by atoms with Crippen molar-refractivity contribution < 1.29 is 9.59 Å². The molecule has 130 valence electrons.